The molecule has 10 heteroatoms. The van der Waals surface area contributed by atoms with Crippen LogP contribution in [0.3, 0.4) is 0 Å². The lowest BCUT2D eigenvalue weighted by Crippen LogP contribution is -2.57. The smallest absolute Gasteiger partial charge is 0.247 e. The monoisotopic (exact) mass is 647 g/mol. The standard InChI is InChI=1S/C31H42BrN3O5S/c1-6-15-33(20(4)5)30(39)27-31-19-23(32)26(41-31)24(25(31)29(38)35(27)17-9-10-18-36)28(37)34(16-7-2)21-11-13-22(14-12-21)40-8-3/h6-7,11-14,20,23-27,36H,1-2,8-10,15-19H2,3-5H3/t23?,24-,25-,26-,27?,31?/m0/s1. The van der Waals surface area contributed by atoms with E-state index in [4.69, 9.17) is 4.74 Å². The number of amides is 3. The topological polar surface area (TPSA) is 90.4 Å². The van der Waals surface area contributed by atoms with Gasteiger partial charge in [0, 0.05) is 48.0 Å². The van der Waals surface area contributed by atoms with E-state index < -0.39 is 22.6 Å². The largest absolute Gasteiger partial charge is 0.494 e. The summed E-state index contributed by atoms with van der Waals surface area (Å²) in [4.78, 5) is 48.2. The van der Waals surface area contributed by atoms with Crippen molar-refractivity contribution in [1.82, 2.24) is 9.80 Å². The maximum absolute atomic E-state index is 14.5. The molecular weight excluding hydrogens is 606 g/mol. The highest BCUT2D eigenvalue weighted by atomic mass is 79.9. The molecule has 0 aromatic heterocycles. The molecule has 0 saturated carbocycles. The lowest BCUT2D eigenvalue weighted by molar-refractivity contribution is -0.143. The van der Waals surface area contributed by atoms with Crippen molar-refractivity contribution >= 4 is 51.1 Å². The summed E-state index contributed by atoms with van der Waals surface area (Å²) in [6.45, 7) is 15.2. The number of nitrogens with zero attached hydrogens (tertiary/aromatic N) is 3. The zero-order chi connectivity index (χ0) is 29.9. The Labute approximate surface area is 256 Å². The molecule has 2 bridgehead atoms. The summed E-state index contributed by atoms with van der Waals surface area (Å²) in [7, 11) is 0. The third-order valence-corrected chi connectivity index (χ3v) is 11.6. The molecule has 224 valence electrons. The minimum Gasteiger partial charge on any atom is -0.494 e. The fraction of sp³-hybridized carbons (Fsp3) is 0.581. The van der Waals surface area contributed by atoms with Gasteiger partial charge in [-0.1, -0.05) is 28.1 Å². The normalized spacial score (nSPS) is 28.1. The Kier molecular flexibility index (Phi) is 10.3. The van der Waals surface area contributed by atoms with Crippen LogP contribution in [0.25, 0.3) is 0 Å². The number of hydrogen-bond donors (Lipinski definition) is 1. The van der Waals surface area contributed by atoms with Crippen molar-refractivity contribution in [3.8, 4) is 5.75 Å². The molecule has 4 rings (SSSR count). The number of alkyl halides is 1. The van der Waals surface area contributed by atoms with Gasteiger partial charge in [0.05, 0.1) is 23.2 Å². The van der Waals surface area contributed by atoms with E-state index in [1.54, 1.807) is 38.6 Å². The summed E-state index contributed by atoms with van der Waals surface area (Å²) in [6, 6.07) is 6.62. The van der Waals surface area contributed by atoms with Gasteiger partial charge in [-0.2, -0.15) is 0 Å². The molecule has 3 fully saturated rings. The molecule has 1 aromatic carbocycles. The number of halogens is 1. The third kappa shape index (κ3) is 5.71. The van der Waals surface area contributed by atoms with Crippen molar-refractivity contribution in [2.45, 2.75) is 66.9 Å². The summed E-state index contributed by atoms with van der Waals surface area (Å²) >= 11 is 5.49. The molecule has 0 aliphatic carbocycles. The highest BCUT2D eigenvalue weighted by molar-refractivity contribution is 9.09. The number of likely N-dealkylation sites (tertiary alicyclic amines) is 1. The molecule has 6 atom stereocenters. The van der Waals surface area contributed by atoms with Crippen molar-refractivity contribution in [2.24, 2.45) is 11.8 Å². The van der Waals surface area contributed by atoms with Gasteiger partial charge in [-0.3, -0.25) is 14.4 Å². The minimum absolute atomic E-state index is 0.0176. The van der Waals surface area contributed by atoms with E-state index in [9.17, 15) is 19.5 Å². The molecule has 1 spiro atoms. The molecule has 3 unspecified atom stereocenters. The van der Waals surface area contributed by atoms with E-state index in [0.29, 0.717) is 51.2 Å². The van der Waals surface area contributed by atoms with Gasteiger partial charge in [-0.05, 0) is 64.3 Å². The summed E-state index contributed by atoms with van der Waals surface area (Å²) < 4.78 is 4.86. The minimum atomic E-state index is -0.723. The number of ether oxygens (including phenoxy) is 1. The zero-order valence-electron chi connectivity index (χ0n) is 24.2. The van der Waals surface area contributed by atoms with E-state index in [1.807, 2.05) is 45.0 Å². The second-order valence-corrected chi connectivity index (χ2v) is 13.9. The van der Waals surface area contributed by atoms with E-state index in [2.05, 4.69) is 29.1 Å². The highest BCUT2D eigenvalue weighted by Gasteiger charge is 2.76. The number of unbranched alkanes of at least 4 members (excludes halogenated alkanes) is 1. The molecule has 3 amide bonds. The number of carbonyl (C=O) groups excluding carboxylic acids is 3. The average molecular weight is 649 g/mol. The van der Waals surface area contributed by atoms with Crippen molar-refractivity contribution in [3.05, 3.63) is 49.6 Å². The zero-order valence-corrected chi connectivity index (χ0v) is 26.6. The fourth-order valence-electron chi connectivity index (χ4n) is 6.70. The molecule has 1 aromatic rings. The maximum Gasteiger partial charge on any atom is 0.247 e. The number of carbonyl (C=O) groups is 3. The molecule has 41 heavy (non-hydrogen) atoms. The quantitative estimate of drug-likeness (QED) is 0.184. The van der Waals surface area contributed by atoms with E-state index in [0.717, 1.165) is 5.75 Å². The Balaban J connectivity index is 1.75. The summed E-state index contributed by atoms with van der Waals surface area (Å²) in [6.07, 6.45) is 5.14. The number of anilines is 1. The number of aliphatic hydroxyl groups excluding tert-OH is 1. The number of fused-ring (bicyclic) bond motifs is 1. The lowest BCUT2D eigenvalue weighted by atomic mass is 9.70. The highest BCUT2D eigenvalue weighted by Crippen LogP contribution is 2.68. The van der Waals surface area contributed by atoms with E-state index >= 15 is 0 Å². The molecule has 3 heterocycles. The van der Waals surface area contributed by atoms with E-state index in [1.165, 1.54) is 0 Å². The van der Waals surface area contributed by atoms with Crippen LogP contribution in [0.1, 0.15) is 40.0 Å². The van der Waals surface area contributed by atoms with Gasteiger partial charge in [-0.15, -0.1) is 24.9 Å². The molecule has 1 N–H and O–H groups in total. The number of rotatable bonds is 14. The Morgan fingerprint density at radius 1 is 1.20 bits per heavy atom. The lowest BCUT2D eigenvalue weighted by Gasteiger charge is -2.39. The Morgan fingerprint density at radius 3 is 2.46 bits per heavy atom. The van der Waals surface area contributed by atoms with Crippen LogP contribution in [0.15, 0.2) is 49.6 Å². The number of thioether (sulfide) groups is 1. The molecule has 8 nitrogen and oxygen atoms in total. The third-order valence-electron chi connectivity index (χ3n) is 8.38. The van der Waals surface area contributed by atoms with Crippen LogP contribution in [-0.2, 0) is 14.4 Å². The molecule has 3 aliphatic rings. The summed E-state index contributed by atoms with van der Waals surface area (Å²) in [5.74, 6) is -0.864. The average Bonchev–Trinajstić information content (AvgIpc) is 3.54. The first-order valence-corrected chi connectivity index (χ1v) is 16.3. The second-order valence-electron chi connectivity index (χ2n) is 11.2. The predicted molar refractivity (Wildman–Crippen MR) is 167 cm³/mol. The van der Waals surface area contributed by atoms with Crippen molar-refractivity contribution in [3.63, 3.8) is 0 Å². The van der Waals surface area contributed by atoms with Crippen LogP contribution < -0.4 is 9.64 Å². The number of aliphatic hydroxyl groups is 1. The second kappa shape index (κ2) is 13.3. The first-order chi connectivity index (χ1) is 19.7. The predicted octanol–water partition coefficient (Wildman–Crippen LogP) is 4.26. The van der Waals surface area contributed by atoms with Gasteiger partial charge in [0.25, 0.3) is 0 Å². The number of benzene rings is 1. The van der Waals surface area contributed by atoms with Gasteiger partial charge in [0.2, 0.25) is 17.7 Å². The maximum atomic E-state index is 14.5. The molecular formula is C31H42BrN3O5S. The first kappa shape index (κ1) is 31.6. The molecule has 3 saturated heterocycles. The Bertz CT molecular complexity index is 1150. The van der Waals surface area contributed by atoms with Crippen molar-refractivity contribution in [1.29, 1.82) is 0 Å². The van der Waals surface area contributed by atoms with Gasteiger partial charge in [0.1, 0.15) is 11.8 Å². The SMILES string of the molecule is C=CCN(C(=O)[C@H]1[C@H]2C(=O)N(CCCCO)C(C(=O)N(CC=C)C(C)C)C23CC(Br)[C@@H]1S3)c1ccc(OCC)cc1. The van der Waals surface area contributed by atoms with Crippen LogP contribution in [-0.4, -0.2) is 92.4 Å². The van der Waals surface area contributed by atoms with Gasteiger partial charge in [0.15, 0.2) is 0 Å². The van der Waals surface area contributed by atoms with Crippen LogP contribution in [0.4, 0.5) is 5.69 Å². The van der Waals surface area contributed by atoms with Gasteiger partial charge >= 0.3 is 0 Å². The molecule has 3 aliphatic heterocycles. The van der Waals surface area contributed by atoms with Crippen LogP contribution >= 0.6 is 27.7 Å². The van der Waals surface area contributed by atoms with Crippen molar-refractivity contribution in [2.75, 3.05) is 37.7 Å². The van der Waals surface area contributed by atoms with Crippen LogP contribution in [0, 0.1) is 11.8 Å². The summed E-state index contributed by atoms with van der Waals surface area (Å²) in [5.41, 5.74) is 0.709. The van der Waals surface area contributed by atoms with Crippen molar-refractivity contribution < 1.29 is 24.2 Å². The van der Waals surface area contributed by atoms with Crippen LogP contribution in [0.5, 0.6) is 5.75 Å². The summed E-state index contributed by atoms with van der Waals surface area (Å²) in [5, 5.41) is 9.28. The fourth-order valence-corrected chi connectivity index (χ4v) is 10.3. The Hall–Kier alpha value is -2.30. The molecule has 0 radical (unpaired) electrons. The Morgan fingerprint density at radius 2 is 1.88 bits per heavy atom. The van der Waals surface area contributed by atoms with Gasteiger partial charge in [-0.25, -0.2) is 0 Å². The first-order valence-electron chi connectivity index (χ1n) is 14.5. The van der Waals surface area contributed by atoms with Gasteiger partial charge < -0.3 is 24.5 Å². The number of hydrogen-bond acceptors (Lipinski definition) is 6. The van der Waals surface area contributed by atoms with Crippen LogP contribution in [0.2, 0.25) is 0 Å². The van der Waals surface area contributed by atoms with E-state index in [-0.39, 0.29) is 40.4 Å².